The van der Waals surface area contributed by atoms with Crippen molar-refractivity contribution in [1.29, 1.82) is 0 Å². The Labute approximate surface area is 121 Å². The van der Waals surface area contributed by atoms with Crippen LogP contribution in [0.3, 0.4) is 0 Å². The minimum Gasteiger partial charge on any atom is -0.364 e. The van der Waals surface area contributed by atoms with Crippen LogP contribution in [-0.4, -0.2) is 30.4 Å². The number of benzene rings is 1. The number of ether oxygens (including phenoxy) is 1. The minimum absolute atomic E-state index is 0.148. The maximum absolute atomic E-state index is 12.0. The van der Waals surface area contributed by atoms with Gasteiger partial charge in [-0.3, -0.25) is 4.57 Å². The van der Waals surface area contributed by atoms with E-state index in [0.717, 1.165) is 10.2 Å². The topological polar surface area (TPSA) is 55.6 Å². The van der Waals surface area contributed by atoms with Crippen molar-refractivity contribution in [3.63, 3.8) is 0 Å². The van der Waals surface area contributed by atoms with E-state index in [1.807, 2.05) is 24.3 Å². The highest BCUT2D eigenvalue weighted by molar-refractivity contribution is 7.16. The molecule has 0 unspecified atom stereocenters. The molecule has 114 valence electrons. The summed E-state index contributed by atoms with van der Waals surface area (Å²) in [4.78, 5) is 15.4. The van der Waals surface area contributed by atoms with Crippen LogP contribution in [0, 0.1) is 0 Å². The van der Waals surface area contributed by atoms with E-state index in [9.17, 15) is 18.0 Å². The van der Waals surface area contributed by atoms with Gasteiger partial charge in [0.15, 0.2) is 4.80 Å². The summed E-state index contributed by atoms with van der Waals surface area (Å²) in [5, 5.41) is 1.71. The molecule has 0 aliphatic heterocycles. The normalized spacial score (nSPS) is 12.9. The van der Waals surface area contributed by atoms with Crippen molar-refractivity contribution >= 4 is 27.6 Å². The first-order chi connectivity index (χ1) is 9.90. The van der Waals surface area contributed by atoms with Gasteiger partial charge in [0.2, 0.25) is 0 Å². The van der Waals surface area contributed by atoms with Crippen LogP contribution in [0.4, 0.5) is 18.0 Å². The fourth-order valence-electron chi connectivity index (χ4n) is 1.66. The number of para-hydroxylation sites is 1. The summed E-state index contributed by atoms with van der Waals surface area (Å²) < 4.78 is 43.6. The summed E-state index contributed by atoms with van der Waals surface area (Å²) in [6.07, 6.45) is -4.46. The fourth-order valence-corrected chi connectivity index (χ4v) is 2.68. The zero-order valence-electron chi connectivity index (χ0n) is 11.0. The van der Waals surface area contributed by atoms with Crippen molar-refractivity contribution in [3.8, 4) is 0 Å². The lowest BCUT2D eigenvalue weighted by molar-refractivity contribution is -0.122. The third kappa shape index (κ3) is 4.05. The number of thiazole rings is 1. The molecular formula is C12H12F3N3O2S. The number of alkyl halides is 3. The van der Waals surface area contributed by atoms with Crippen LogP contribution in [0.15, 0.2) is 29.3 Å². The molecule has 0 aliphatic carbocycles. The van der Waals surface area contributed by atoms with Gasteiger partial charge in [0.1, 0.15) is 13.3 Å². The van der Waals surface area contributed by atoms with Crippen LogP contribution in [0.5, 0.6) is 0 Å². The van der Waals surface area contributed by atoms with E-state index < -0.39 is 18.8 Å². The first kappa shape index (κ1) is 15.5. The largest absolute Gasteiger partial charge is 0.405 e. The highest BCUT2D eigenvalue weighted by Crippen LogP contribution is 2.16. The Morgan fingerprint density at radius 2 is 2.14 bits per heavy atom. The number of nitrogens with zero attached hydrogens (tertiary/aromatic N) is 2. The van der Waals surface area contributed by atoms with E-state index in [1.54, 1.807) is 9.88 Å². The van der Waals surface area contributed by atoms with E-state index in [4.69, 9.17) is 4.74 Å². The minimum atomic E-state index is -4.46. The second kappa shape index (κ2) is 6.27. The summed E-state index contributed by atoms with van der Waals surface area (Å²) in [5.41, 5.74) is 0.798. The van der Waals surface area contributed by atoms with E-state index in [0.29, 0.717) is 0 Å². The van der Waals surface area contributed by atoms with Crippen LogP contribution in [0.1, 0.15) is 0 Å². The van der Waals surface area contributed by atoms with Crippen molar-refractivity contribution in [2.24, 2.45) is 4.99 Å². The van der Waals surface area contributed by atoms with Gasteiger partial charge in [-0.15, -0.1) is 0 Å². The lowest BCUT2D eigenvalue weighted by atomic mass is 10.3. The number of amides is 2. The number of methoxy groups -OCH3 is 1. The third-order valence-electron chi connectivity index (χ3n) is 2.48. The van der Waals surface area contributed by atoms with Crippen molar-refractivity contribution in [1.82, 2.24) is 9.88 Å². The third-order valence-corrected chi connectivity index (χ3v) is 3.54. The molecule has 2 amide bonds. The number of hydrogen-bond donors (Lipinski definition) is 1. The Bertz CT molecular complexity index is 706. The molecule has 1 N–H and O–H groups in total. The van der Waals surface area contributed by atoms with Gasteiger partial charge in [-0.05, 0) is 12.1 Å². The lowest BCUT2D eigenvalue weighted by Gasteiger charge is -2.05. The van der Waals surface area contributed by atoms with Gasteiger partial charge < -0.3 is 10.1 Å². The zero-order chi connectivity index (χ0) is 15.5. The molecular weight excluding hydrogens is 307 g/mol. The van der Waals surface area contributed by atoms with Crippen LogP contribution >= 0.6 is 11.3 Å². The Morgan fingerprint density at radius 3 is 2.81 bits per heavy atom. The molecule has 0 spiro atoms. The van der Waals surface area contributed by atoms with Crippen molar-refractivity contribution < 1.29 is 22.7 Å². The van der Waals surface area contributed by atoms with Gasteiger partial charge in [0, 0.05) is 7.11 Å². The van der Waals surface area contributed by atoms with Gasteiger partial charge >= 0.3 is 12.2 Å². The van der Waals surface area contributed by atoms with E-state index >= 15 is 0 Å². The van der Waals surface area contributed by atoms with Gasteiger partial charge in [-0.1, -0.05) is 23.5 Å². The Hall–Kier alpha value is -1.87. The predicted molar refractivity (Wildman–Crippen MR) is 71.8 cm³/mol. The quantitative estimate of drug-likeness (QED) is 0.945. The van der Waals surface area contributed by atoms with E-state index in [1.165, 1.54) is 18.4 Å². The second-order valence-electron chi connectivity index (χ2n) is 4.08. The SMILES string of the molecule is COCn1c(=NC(=O)NCC(F)(F)F)sc2ccccc21. The number of nitrogens with one attached hydrogen (secondary N) is 1. The smallest absolute Gasteiger partial charge is 0.364 e. The molecule has 2 rings (SSSR count). The highest BCUT2D eigenvalue weighted by Gasteiger charge is 2.27. The first-order valence-electron chi connectivity index (χ1n) is 5.87. The van der Waals surface area contributed by atoms with Crippen molar-refractivity contribution in [2.75, 3.05) is 13.7 Å². The summed E-state index contributed by atoms with van der Waals surface area (Å²) in [7, 11) is 1.48. The lowest BCUT2D eigenvalue weighted by Crippen LogP contribution is -2.33. The average molecular weight is 319 g/mol. The summed E-state index contributed by atoms with van der Waals surface area (Å²) in [5.74, 6) is 0. The number of halogens is 3. The Kier molecular flexibility index (Phi) is 4.63. The maximum Gasteiger partial charge on any atom is 0.405 e. The molecule has 0 saturated carbocycles. The first-order valence-corrected chi connectivity index (χ1v) is 6.69. The zero-order valence-corrected chi connectivity index (χ0v) is 11.8. The van der Waals surface area contributed by atoms with Gasteiger partial charge in [0.25, 0.3) is 0 Å². The Morgan fingerprint density at radius 1 is 1.43 bits per heavy atom. The standard InChI is InChI=1S/C12H12F3N3O2S/c1-20-7-18-8-4-2-3-5-9(8)21-11(18)17-10(19)16-6-12(13,14)15/h2-5H,6-7H2,1H3,(H,16,19). The summed E-state index contributed by atoms with van der Waals surface area (Å²) in [6, 6.07) is 6.25. The number of urea groups is 1. The molecule has 0 radical (unpaired) electrons. The number of fused-ring (bicyclic) bond motifs is 1. The Balaban J connectivity index is 2.33. The van der Waals surface area contributed by atoms with Crippen LogP contribution in [-0.2, 0) is 11.5 Å². The van der Waals surface area contributed by atoms with Crippen LogP contribution in [0.25, 0.3) is 10.2 Å². The fraction of sp³-hybridized carbons (Fsp3) is 0.333. The van der Waals surface area contributed by atoms with Crippen LogP contribution in [0.2, 0.25) is 0 Å². The van der Waals surface area contributed by atoms with E-state index in [2.05, 4.69) is 4.99 Å². The molecule has 0 bridgehead atoms. The number of aromatic nitrogens is 1. The second-order valence-corrected chi connectivity index (χ2v) is 5.09. The van der Waals surface area contributed by atoms with E-state index in [-0.39, 0.29) is 11.5 Å². The van der Waals surface area contributed by atoms with Gasteiger partial charge in [-0.2, -0.15) is 18.2 Å². The van der Waals surface area contributed by atoms with Gasteiger partial charge in [0.05, 0.1) is 10.2 Å². The molecule has 1 aromatic carbocycles. The van der Waals surface area contributed by atoms with Crippen molar-refractivity contribution in [2.45, 2.75) is 12.9 Å². The monoisotopic (exact) mass is 319 g/mol. The molecule has 9 heteroatoms. The van der Waals surface area contributed by atoms with Crippen molar-refractivity contribution in [3.05, 3.63) is 29.1 Å². The number of carbonyl (C=O) groups excluding carboxylic acids is 1. The summed E-state index contributed by atoms with van der Waals surface area (Å²) in [6.45, 7) is -1.26. The van der Waals surface area contributed by atoms with Gasteiger partial charge in [-0.25, -0.2) is 4.79 Å². The average Bonchev–Trinajstić information content (AvgIpc) is 2.74. The molecule has 5 nitrogen and oxygen atoms in total. The molecule has 0 aliphatic rings. The maximum atomic E-state index is 12.0. The molecule has 21 heavy (non-hydrogen) atoms. The molecule has 1 heterocycles. The highest BCUT2D eigenvalue weighted by atomic mass is 32.1. The molecule has 0 saturated heterocycles. The number of carbonyl (C=O) groups is 1. The number of rotatable bonds is 3. The number of hydrogen-bond acceptors (Lipinski definition) is 3. The molecule has 0 atom stereocenters. The predicted octanol–water partition coefficient (Wildman–Crippen LogP) is 2.48. The van der Waals surface area contributed by atoms with Crippen LogP contribution < -0.4 is 10.1 Å². The molecule has 0 fully saturated rings. The molecule has 1 aromatic heterocycles. The molecule has 2 aromatic rings. The summed E-state index contributed by atoms with van der Waals surface area (Å²) >= 11 is 1.20.